The maximum Gasteiger partial charge on any atom is 0.223 e. The van der Waals surface area contributed by atoms with Crippen LogP contribution in [0, 0.1) is 0 Å². The standard InChI is InChI=1S/C14H15Cl2NO2S/c1-9(18)20-12-7-14(19)17(8-12)5-4-10-2-3-11(15)6-13(10)16/h2-3,6,12H,4-5,7-8H2,1H3. The van der Waals surface area contributed by atoms with Crippen molar-refractivity contribution in [3.63, 3.8) is 0 Å². The fraction of sp³-hybridized carbons (Fsp3) is 0.429. The van der Waals surface area contributed by atoms with Crippen LogP contribution in [0.1, 0.15) is 18.9 Å². The SMILES string of the molecule is CC(=O)SC1CC(=O)N(CCc2ccc(Cl)cc2Cl)C1. The Morgan fingerprint density at radius 1 is 1.45 bits per heavy atom. The maximum absolute atomic E-state index is 11.9. The number of benzene rings is 1. The number of thioether (sulfide) groups is 1. The van der Waals surface area contributed by atoms with Crippen molar-refractivity contribution in [2.24, 2.45) is 0 Å². The summed E-state index contributed by atoms with van der Waals surface area (Å²) in [7, 11) is 0. The van der Waals surface area contributed by atoms with Gasteiger partial charge in [-0.05, 0) is 24.1 Å². The number of hydrogen-bond donors (Lipinski definition) is 0. The second-order valence-electron chi connectivity index (χ2n) is 4.76. The van der Waals surface area contributed by atoms with Crippen LogP contribution in [0.4, 0.5) is 0 Å². The van der Waals surface area contributed by atoms with Crippen molar-refractivity contribution in [2.45, 2.75) is 25.0 Å². The largest absolute Gasteiger partial charge is 0.341 e. The molecule has 2 rings (SSSR count). The molecule has 1 atom stereocenters. The molecule has 0 N–H and O–H groups in total. The van der Waals surface area contributed by atoms with Crippen LogP contribution in [0.5, 0.6) is 0 Å². The molecule has 1 saturated heterocycles. The van der Waals surface area contributed by atoms with Crippen molar-refractivity contribution in [1.82, 2.24) is 4.90 Å². The Balaban J connectivity index is 1.91. The Morgan fingerprint density at radius 2 is 2.20 bits per heavy atom. The van der Waals surface area contributed by atoms with Gasteiger partial charge in [-0.3, -0.25) is 9.59 Å². The normalized spacial score (nSPS) is 18.6. The van der Waals surface area contributed by atoms with Crippen molar-refractivity contribution >= 4 is 46.0 Å². The molecule has 20 heavy (non-hydrogen) atoms. The van der Waals surface area contributed by atoms with Crippen LogP contribution in [-0.4, -0.2) is 34.3 Å². The van der Waals surface area contributed by atoms with Gasteiger partial charge in [0.05, 0.1) is 0 Å². The third-order valence-corrected chi connectivity index (χ3v) is 4.75. The minimum Gasteiger partial charge on any atom is -0.341 e. The van der Waals surface area contributed by atoms with Crippen LogP contribution in [0.25, 0.3) is 0 Å². The lowest BCUT2D eigenvalue weighted by atomic mass is 10.1. The molecule has 1 aromatic rings. The van der Waals surface area contributed by atoms with E-state index in [1.54, 1.807) is 17.0 Å². The van der Waals surface area contributed by atoms with Gasteiger partial charge < -0.3 is 4.90 Å². The highest BCUT2D eigenvalue weighted by atomic mass is 35.5. The fourth-order valence-corrected chi connectivity index (χ4v) is 3.70. The number of likely N-dealkylation sites (tertiary alicyclic amines) is 1. The Bertz CT molecular complexity index is 536. The van der Waals surface area contributed by atoms with Crippen LogP contribution in [0.15, 0.2) is 18.2 Å². The molecule has 0 aliphatic carbocycles. The van der Waals surface area contributed by atoms with Gasteiger partial charge in [-0.2, -0.15) is 0 Å². The Kier molecular flexibility index (Phi) is 5.35. The Morgan fingerprint density at radius 3 is 2.85 bits per heavy atom. The number of carbonyl (C=O) groups is 2. The molecular weight excluding hydrogens is 317 g/mol. The summed E-state index contributed by atoms with van der Waals surface area (Å²) in [6.07, 6.45) is 1.14. The molecule has 1 aromatic carbocycles. The molecule has 1 aliphatic heterocycles. The van der Waals surface area contributed by atoms with E-state index in [4.69, 9.17) is 23.2 Å². The van der Waals surface area contributed by atoms with Gasteiger partial charge in [-0.1, -0.05) is 41.0 Å². The summed E-state index contributed by atoms with van der Waals surface area (Å²) in [5.74, 6) is 0.105. The second kappa shape index (κ2) is 6.83. The highest BCUT2D eigenvalue weighted by molar-refractivity contribution is 8.14. The molecule has 0 aromatic heterocycles. The fourth-order valence-electron chi connectivity index (χ4n) is 2.25. The van der Waals surface area contributed by atoms with Gasteiger partial charge in [0.25, 0.3) is 0 Å². The van der Waals surface area contributed by atoms with Crippen LogP contribution in [-0.2, 0) is 16.0 Å². The molecular formula is C14H15Cl2NO2S. The van der Waals surface area contributed by atoms with E-state index in [1.807, 2.05) is 6.07 Å². The average molecular weight is 332 g/mol. The molecule has 1 unspecified atom stereocenters. The second-order valence-corrected chi connectivity index (χ2v) is 7.08. The number of carbonyl (C=O) groups excluding carboxylic acids is 2. The topological polar surface area (TPSA) is 37.4 Å². The van der Waals surface area contributed by atoms with Gasteiger partial charge in [0.15, 0.2) is 5.12 Å². The lowest BCUT2D eigenvalue weighted by molar-refractivity contribution is -0.127. The van der Waals surface area contributed by atoms with E-state index in [1.165, 1.54) is 18.7 Å². The highest BCUT2D eigenvalue weighted by Gasteiger charge is 2.30. The number of halogens is 2. The van der Waals surface area contributed by atoms with Gasteiger partial charge in [-0.25, -0.2) is 0 Å². The van der Waals surface area contributed by atoms with Gasteiger partial charge in [0.2, 0.25) is 5.91 Å². The Hall–Kier alpha value is -0.710. The molecule has 1 heterocycles. The first kappa shape index (κ1) is 15.7. The van der Waals surface area contributed by atoms with Crippen molar-refractivity contribution < 1.29 is 9.59 Å². The molecule has 0 bridgehead atoms. The van der Waals surface area contributed by atoms with Gasteiger partial charge in [0.1, 0.15) is 0 Å². The zero-order chi connectivity index (χ0) is 14.7. The first-order valence-electron chi connectivity index (χ1n) is 6.34. The molecule has 3 nitrogen and oxygen atoms in total. The minimum absolute atomic E-state index is 0.0606. The van der Waals surface area contributed by atoms with E-state index in [9.17, 15) is 9.59 Å². The Labute approximate surface area is 132 Å². The highest BCUT2D eigenvalue weighted by Crippen LogP contribution is 2.26. The molecule has 6 heteroatoms. The zero-order valence-corrected chi connectivity index (χ0v) is 13.4. The molecule has 1 fully saturated rings. The van der Waals surface area contributed by atoms with E-state index < -0.39 is 0 Å². The lowest BCUT2D eigenvalue weighted by Gasteiger charge is -2.16. The molecule has 0 radical (unpaired) electrons. The lowest BCUT2D eigenvalue weighted by Crippen LogP contribution is -2.28. The molecule has 0 saturated carbocycles. The number of rotatable bonds is 4. The third-order valence-electron chi connectivity index (χ3n) is 3.18. The third kappa shape index (κ3) is 4.14. The summed E-state index contributed by atoms with van der Waals surface area (Å²) in [6, 6.07) is 5.38. The molecule has 1 aliphatic rings. The molecule has 108 valence electrons. The summed E-state index contributed by atoms with van der Waals surface area (Å²) in [5, 5.41) is 1.37. The summed E-state index contributed by atoms with van der Waals surface area (Å²) in [6.45, 7) is 2.79. The predicted octanol–water partition coefficient (Wildman–Crippen LogP) is 3.42. The van der Waals surface area contributed by atoms with Gasteiger partial charge >= 0.3 is 0 Å². The minimum atomic E-state index is 0.0606. The number of nitrogens with zero attached hydrogens (tertiary/aromatic N) is 1. The first-order chi connectivity index (χ1) is 9.45. The summed E-state index contributed by atoms with van der Waals surface area (Å²) in [4.78, 5) is 24.7. The van der Waals surface area contributed by atoms with E-state index in [0.29, 0.717) is 36.0 Å². The maximum atomic E-state index is 11.9. The predicted molar refractivity (Wildman–Crippen MR) is 83.4 cm³/mol. The van der Waals surface area contributed by atoms with E-state index >= 15 is 0 Å². The van der Waals surface area contributed by atoms with Gasteiger partial charge in [-0.15, -0.1) is 0 Å². The van der Waals surface area contributed by atoms with Crippen molar-refractivity contribution in [3.8, 4) is 0 Å². The average Bonchev–Trinajstić information content (AvgIpc) is 2.67. The van der Waals surface area contributed by atoms with E-state index in [0.717, 1.165) is 5.56 Å². The summed E-state index contributed by atoms with van der Waals surface area (Å²) < 4.78 is 0. The van der Waals surface area contributed by atoms with E-state index in [2.05, 4.69) is 0 Å². The quantitative estimate of drug-likeness (QED) is 0.848. The number of amides is 1. The van der Waals surface area contributed by atoms with Crippen molar-refractivity contribution in [2.75, 3.05) is 13.1 Å². The summed E-state index contributed by atoms with van der Waals surface area (Å²) in [5.41, 5.74) is 0.978. The number of hydrogen-bond acceptors (Lipinski definition) is 3. The van der Waals surface area contributed by atoms with E-state index in [-0.39, 0.29) is 16.3 Å². The van der Waals surface area contributed by atoms with Crippen LogP contribution in [0.2, 0.25) is 10.0 Å². The zero-order valence-electron chi connectivity index (χ0n) is 11.1. The first-order valence-corrected chi connectivity index (χ1v) is 7.98. The smallest absolute Gasteiger partial charge is 0.223 e. The van der Waals surface area contributed by atoms with Crippen LogP contribution < -0.4 is 0 Å². The van der Waals surface area contributed by atoms with Gasteiger partial charge in [0, 0.05) is 41.7 Å². The molecule has 0 spiro atoms. The molecule has 1 amide bonds. The van der Waals surface area contributed by atoms with Crippen molar-refractivity contribution in [3.05, 3.63) is 33.8 Å². The van der Waals surface area contributed by atoms with Crippen LogP contribution in [0.3, 0.4) is 0 Å². The monoisotopic (exact) mass is 331 g/mol. The van der Waals surface area contributed by atoms with Crippen molar-refractivity contribution in [1.29, 1.82) is 0 Å². The van der Waals surface area contributed by atoms with Crippen LogP contribution >= 0.6 is 35.0 Å². The summed E-state index contributed by atoms with van der Waals surface area (Å²) >= 11 is 13.2.